The first-order valence-electron chi connectivity index (χ1n) is 4.97. The van der Waals surface area contributed by atoms with Gasteiger partial charge in [-0.3, -0.25) is 4.55 Å². The van der Waals surface area contributed by atoms with Crippen molar-refractivity contribution >= 4 is 31.9 Å². The van der Waals surface area contributed by atoms with Crippen molar-refractivity contribution in [2.45, 2.75) is 12.1 Å². The molecule has 0 saturated carbocycles. The van der Waals surface area contributed by atoms with Crippen molar-refractivity contribution < 1.29 is 30.9 Å². The average Bonchev–Trinajstić information content (AvgIpc) is 2.69. The second-order valence-electron chi connectivity index (χ2n) is 3.55. The highest BCUT2D eigenvalue weighted by molar-refractivity contribution is 9.10. The Kier molecular flexibility index (Phi) is 5.16. The van der Waals surface area contributed by atoms with E-state index in [-0.39, 0.29) is 0 Å². The molecular weight excluding hydrogens is 367 g/mol. The highest BCUT2D eigenvalue weighted by Crippen LogP contribution is 2.23. The number of nitrogens with zero attached hydrogens (tertiary/aromatic N) is 1. The van der Waals surface area contributed by atoms with Gasteiger partial charge in [0.1, 0.15) is 0 Å². The molecular formula is C10H9BrF3NO4S. The molecule has 0 aliphatic carbocycles. The van der Waals surface area contributed by atoms with Gasteiger partial charge in [0.05, 0.1) is 13.7 Å². The van der Waals surface area contributed by atoms with Crippen molar-refractivity contribution in [3.8, 4) is 0 Å². The molecule has 1 aliphatic rings. The van der Waals surface area contributed by atoms with Crippen molar-refractivity contribution in [3.05, 3.63) is 33.8 Å². The van der Waals surface area contributed by atoms with E-state index in [1.54, 1.807) is 7.11 Å². The summed E-state index contributed by atoms with van der Waals surface area (Å²) in [6, 6.07) is 6.12. The van der Waals surface area contributed by atoms with Crippen molar-refractivity contribution in [2.75, 3.05) is 7.11 Å². The van der Waals surface area contributed by atoms with Crippen molar-refractivity contribution in [1.29, 1.82) is 0 Å². The van der Waals surface area contributed by atoms with Crippen LogP contribution in [0.15, 0.2) is 27.7 Å². The van der Waals surface area contributed by atoms with Crippen LogP contribution in [0.4, 0.5) is 13.2 Å². The molecule has 0 fully saturated rings. The number of aliphatic imine (C=N–C) groups is 1. The summed E-state index contributed by atoms with van der Waals surface area (Å²) in [6.07, 6.45) is 0. The van der Waals surface area contributed by atoms with Crippen LogP contribution in [0.25, 0.3) is 0 Å². The second kappa shape index (κ2) is 6.10. The van der Waals surface area contributed by atoms with Crippen LogP contribution in [-0.4, -0.2) is 31.5 Å². The first-order valence-corrected chi connectivity index (χ1v) is 7.20. The van der Waals surface area contributed by atoms with E-state index < -0.39 is 15.6 Å². The molecule has 112 valence electrons. The van der Waals surface area contributed by atoms with Gasteiger partial charge in [0.25, 0.3) is 0 Å². The summed E-state index contributed by atoms with van der Waals surface area (Å²) in [5.41, 5.74) is -3.20. The van der Waals surface area contributed by atoms with Crippen molar-refractivity contribution in [1.82, 2.24) is 0 Å². The third kappa shape index (κ3) is 4.18. The Balaban J connectivity index is 0.000000221. The number of methoxy groups -OCH3 is 1. The Morgan fingerprint density at radius 3 is 2.40 bits per heavy atom. The van der Waals surface area contributed by atoms with Gasteiger partial charge in [-0.05, 0) is 17.7 Å². The second-order valence-corrected chi connectivity index (χ2v) is 5.88. The molecule has 1 aliphatic heterocycles. The Morgan fingerprint density at radius 2 is 1.95 bits per heavy atom. The molecule has 0 radical (unpaired) electrons. The number of ether oxygens (including phenoxy) is 1. The van der Waals surface area contributed by atoms with E-state index in [0.717, 1.165) is 22.5 Å². The summed E-state index contributed by atoms with van der Waals surface area (Å²) in [6.45, 7) is 0.742. The number of benzene rings is 1. The van der Waals surface area contributed by atoms with E-state index in [0.29, 0.717) is 0 Å². The zero-order valence-electron chi connectivity index (χ0n) is 9.98. The quantitative estimate of drug-likeness (QED) is 0.558. The van der Waals surface area contributed by atoms with E-state index in [2.05, 4.69) is 27.0 Å². The zero-order valence-corrected chi connectivity index (χ0v) is 12.4. The number of halogens is 4. The molecule has 1 aromatic carbocycles. The smallest absolute Gasteiger partial charge is 0.481 e. The van der Waals surface area contributed by atoms with Crippen LogP contribution in [0.5, 0.6) is 0 Å². The van der Waals surface area contributed by atoms with Gasteiger partial charge in [0, 0.05) is 10.0 Å². The highest BCUT2D eigenvalue weighted by Gasteiger charge is 2.44. The Bertz CT molecular complexity index is 628. The molecule has 0 amide bonds. The molecule has 1 aromatic rings. The summed E-state index contributed by atoms with van der Waals surface area (Å²) in [7, 11) is -4.19. The van der Waals surface area contributed by atoms with Crippen LogP contribution >= 0.6 is 15.9 Å². The van der Waals surface area contributed by atoms with Gasteiger partial charge in [-0.2, -0.15) is 21.6 Å². The number of hydrogen-bond acceptors (Lipinski definition) is 4. The van der Waals surface area contributed by atoms with Gasteiger partial charge < -0.3 is 4.74 Å². The van der Waals surface area contributed by atoms with Gasteiger partial charge in [-0.1, -0.05) is 22.0 Å². The van der Waals surface area contributed by atoms with Gasteiger partial charge in [-0.15, -0.1) is 0 Å². The van der Waals surface area contributed by atoms with Crippen LogP contribution < -0.4 is 0 Å². The number of rotatable bonds is 0. The van der Waals surface area contributed by atoms with E-state index in [9.17, 15) is 13.2 Å². The summed E-state index contributed by atoms with van der Waals surface area (Å²) in [4.78, 5) is 4.24. The van der Waals surface area contributed by atoms with Crippen molar-refractivity contribution in [2.24, 2.45) is 4.99 Å². The van der Waals surface area contributed by atoms with Crippen LogP contribution in [0.2, 0.25) is 0 Å². The summed E-state index contributed by atoms with van der Waals surface area (Å²) >= 11 is 3.41. The fraction of sp³-hybridized carbons (Fsp3) is 0.300. The van der Waals surface area contributed by atoms with E-state index in [1.807, 2.05) is 12.1 Å². The molecule has 2 rings (SSSR count). The summed E-state index contributed by atoms with van der Waals surface area (Å²) < 4.78 is 63.7. The third-order valence-electron chi connectivity index (χ3n) is 2.18. The molecule has 1 N–H and O–H groups in total. The Labute approximate surface area is 121 Å². The Morgan fingerprint density at radius 1 is 1.40 bits per heavy atom. The number of fused-ring (bicyclic) bond motifs is 1. The van der Waals surface area contributed by atoms with Gasteiger partial charge in [-0.25, -0.2) is 4.99 Å². The molecule has 0 atom stereocenters. The van der Waals surface area contributed by atoms with E-state index >= 15 is 0 Å². The molecule has 0 spiro atoms. The molecule has 20 heavy (non-hydrogen) atoms. The van der Waals surface area contributed by atoms with Gasteiger partial charge in [0.2, 0.25) is 5.90 Å². The lowest BCUT2D eigenvalue weighted by molar-refractivity contribution is -0.0510. The predicted octanol–water partition coefficient (Wildman–Crippen LogP) is 2.75. The fourth-order valence-electron chi connectivity index (χ4n) is 1.30. The normalized spacial score (nSPS) is 14.0. The van der Waals surface area contributed by atoms with Crippen LogP contribution in [0.3, 0.4) is 0 Å². The van der Waals surface area contributed by atoms with E-state index in [1.165, 1.54) is 5.56 Å². The number of alkyl halides is 3. The minimum atomic E-state index is -5.84. The molecule has 5 nitrogen and oxygen atoms in total. The summed E-state index contributed by atoms with van der Waals surface area (Å²) in [5, 5.41) is 0. The first-order chi connectivity index (χ1) is 9.06. The maximum atomic E-state index is 10.7. The molecule has 0 aromatic heterocycles. The maximum absolute atomic E-state index is 10.7. The minimum absolute atomic E-state index is 0.742. The fourth-order valence-corrected chi connectivity index (χ4v) is 1.66. The largest absolute Gasteiger partial charge is 0.522 e. The molecule has 10 heteroatoms. The maximum Gasteiger partial charge on any atom is 0.522 e. The predicted molar refractivity (Wildman–Crippen MR) is 69.0 cm³/mol. The van der Waals surface area contributed by atoms with Crippen molar-refractivity contribution in [3.63, 3.8) is 0 Å². The highest BCUT2D eigenvalue weighted by atomic mass is 79.9. The lowest BCUT2D eigenvalue weighted by Gasteiger charge is -2.01. The average molecular weight is 376 g/mol. The third-order valence-corrected chi connectivity index (χ3v) is 3.26. The topological polar surface area (TPSA) is 76.0 Å². The minimum Gasteiger partial charge on any atom is -0.481 e. The van der Waals surface area contributed by atoms with Crippen LogP contribution in [-0.2, 0) is 21.4 Å². The summed E-state index contributed by atoms with van der Waals surface area (Å²) in [5.74, 6) is 0.742. The monoisotopic (exact) mass is 375 g/mol. The van der Waals surface area contributed by atoms with Gasteiger partial charge >= 0.3 is 15.6 Å². The molecule has 0 bridgehead atoms. The molecule has 1 heterocycles. The zero-order chi connectivity index (χ0) is 15.6. The Hall–Kier alpha value is -1.13. The first kappa shape index (κ1) is 16.9. The van der Waals surface area contributed by atoms with Crippen LogP contribution in [0.1, 0.15) is 11.1 Å². The SMILES string of the molecule is COC1=NCc2ccc(Br)cc21.O=S(=O)(O)C(F)(F)F. The molecule has 0 unspecified atom stereocenters. The molecule has 0 saturated heterocycles. The number of hydrogen-bond donors (Lipinski definition) is 1. The van der Waals surface area contributed by atoms with Crippen LogP contribution in [0, 0.1) is 0 Å². The lowest BCUT2D eigenvalue weighted by Crippen LogP contribution is -2.21. The lowest BCUT2D eigenvalue weighted by atomic mass is 10.1. The van der Waals surface area contributed by atoms with E-state index in [4.69, 9.17) is 17.7 Å². The van der Waals surface area contributed by atoms with Gasteiger partial charge in [0.15, 0.2) is 0 Å². The standard InChI is InChI=1S/C9H8BrNO.CHF3O3S/c1-12-9-8-4-7(10)3-2-6(8)5-11-9;2-1(3,4)8(5,6)7/h2-4H,5H2,1H3;(H,5,6,7).